The average Bonchev–Trinajstić information content (AvgIpc) is 2.56. The standard InChI is InChI=1S/C12H11NO3/c1-16-7-9-10(12(15)13-11(9)14)8-5-3-2-4-6-8/h2-7,10H,1H3,(H,13,14,15)/b9-7+. The molecule has 1 heterocycles. The third-order valence-corrected chi connectivity index (χ3v) is 2.45. The van der Waals surface area contributed by atoms with Crippen LogP contribution in [0.25, 0.3) is 0 Å². The van der Waals surface area contributed by atoms with Gasteiger partial charge in [-0.05, 0) is 5.56 Å². The van der Waals surface area contributed by atoms with Gasteiger partial charge in [-0.3, -0.25) is 14.9 Å². The number of hydrogen-bond donors (Lipinski definition) is 1. The Morgan fingerprint density at radius 2 is 1.94 bits per heavy atom. The molecule has 1 aliphatic rings. The summed E-state index contributed by atoms with van der Waals surface area (Å²) in [6.07, 6.45) is 1.32. The molecule has 0 radical (unpaired) electrons. The maximum atomic E-state index is 11.6. The zero-order valence-electron chi connectivity index (χ0n) is 8.77. The van der Waals surface area contributed by atoms with Crippen molar-refractivity contribution in [3.05, 3.63) is 47.7 Å². The van der Waals surface area contributed by atoms with Gasteiger partial charge in [0, 0.05) is 0 Å². The molecule has 0 aromatic heterocycles. The Labute approximate surface area is 92.9 Å². The van der Waals surface area contributed by atoms with Crippen LogP contribution >= 0.6 is 0 Å². The van der Waals surface area contributed by atoms with E-state index in [-0.39, 0.29) is 11.8 Å². The highest BCUT2D eigenvalue weighted by Crippen LogP contribution is 2.29. The normalized spacial score (nSPS) is 22.3. The molecule has 16 heavy (non-hydrogen) atoms. The Morgan fingerprint density at radius 3 is 2.56 bits per heavy atom. The highest BCUT2D eigenvalue weighted by atomic mass is 16.5. The van der Waals surface area contributed by atoms with E-state index in [4.69, 9.17) is 4.74 Å². The molecule has 1 aromatic rings. The van der Waals surface area contributed by atoms with Gasteiger partial charge >= 0.3 is 0 Å². The number of rotatable bonds is 2. The van der Waals surface area contributed by atoms with Crippen LogP contribution in [0.5, 0.6) is 0 Å². The van der Waals surface area contributed by atoms with Gasteiger partial charge in [-0.1, -0.05) is 30.3 Å². The molecule has 0 spiro atoms. The number of amides is 2. The van der Waals surface area contributed by atoms with Crippen molar-refractivity contribution in [3.63, 3.8) is 0 Å². The first kappa shape index (κ1) is 10.4. The van der Waals surface area contributed by atoms with Crippen LogP contribution in [0, 0.1) is 0 Å². The Bertz CT molecular complexity index is 451. The second-order valence-corrected chi connectivity index (χ2v) is 3.47. The van der Waals surface area contributed by atoms with Gasteiger partial charge in [-0.2, -0.15) is 0 Å². The van der Waals surface area contributed by atoms with E-state index < -0.39 is 5.92 Å². The van der Waals surface area contributed by atoms with Crippen LogP contribution in [-0.4, -0.2) is 18.9 Å². The number of methoxy groups -OCH3 is 1. The Balaban J connectivity index is 2.42. The first-order valence-electron chi connectivity index (χ1n) is 4.87. The van der Waals surface area contributed by atoms with Gasteiger partial charge in [0.1, 0.15) is 0 Å². The molecule has 1 N–H and O–H groups in total. The average molecular weight is 217 g/mol. The van der Waals surface area contributed by atoms with Crippen molar-refractivity contribution < 1.29 is 14.3 Å². The molecule has 4 heteroatoms. The summed E-state index contributed by atoms with van der Waals surface area (Å²) in [5, 5.41) is 2.27. The minimum absolute atomic E-state index is 0.306. The summed E-state index contributed by atoms with van der Waals surface area (Å²) in [5.41, 5.74) is 1.13. The van der Waals surface area contributed by atoms with Crippen LogP contribution in [0.4, 0.5) is 0 Å². The number of ether oxygens (including phenoxy) is 1. The highest BCUT2D eigenvalue weighted by Gasteiger charge is 2.37. The van der Waals surface area contributed by atoms with Gasteiger partial charge in [0.15, 0.2) is 0 Å². The summed E-state index contributed by atoms with van der Waals surface area (Å²) in [7, 11) is 1.45. The van der Waals surface area contributed by atoms with E-state index in [2.05, 4.69) is 5.32 Å². The van der Waals surface area contributed by atoms with Crippen LogP contribution in [0.1, 0.15) is 11.5 Å². The smallest absolute Gasteiger partial charge is 0.258 e. The molecule has 1 atom stereocenters. The number of carbonyl (C=O) groups is 2. The number of carbonyl (C=O) groups excluding carboxylic acids is 2. The first-order valence-corrected chi connectivity index (χ1v) is 4.87. The number of imide groups is 1. The monoisotopic (exact) mass is 217 g/mol. The van der Waals surface area contributed by atoms with E-state index in [1.54, 1.807) is 0 Å². The molecule has 1 fully saturated rings. The molecule has 4 nitrogen and oxygen atoms in total. The minimum atomic E-state index is -0.561. The third-order valence-electron chi connectivity index (χ3n) is 2.45. The van der Waals surface area contributed by atoms with E-state index in [1.165, 1.54) is 13.4 Å². The van der Waals surface area contributed by atoms with E-state index in [0.29, 0.717) is 5.57 Å². The molecule has 0 saturated carbocycles. The van der Waals surface area contributed by atoms with E-state index >= 15 is 0 Å². The summed E-state index contributed by atoms with van der Waals surface area (Å²) in [5.74, 6) is -1.26. The Hall–Kier alpha value is -2.10. The fourth-order valence-electron chi connectivity index (χ4n) is 1.75. The molecule has 1 aliphatic heterocycles. The van der Waals surface area contributed by atoms with Gasteiger partial charge in [-0.15, -0.1) is 0 Å². The number of benzene rings is 1. The molecule has 0 bridgehead atoms. The maximum Gasteiger partial charge on any atom is 0.258 e. The molecule has 1 saturated heterocycles. The lowest BCUT2D eigenvalue weighted by molar-refractivity contribution is -0.124. The van der Waals surface area contributed by atoms with Crippen molar-refractivity contribution in [1.29, 1.82) is 0 Å². The summed E-state index contributed by atoms with van der Waals surface area (Å²) < 4.78 is 4.82. The molecule has 0 aliphatic carbocycles. The van der Waals surface area contributed by atoms with Crippen molar-refractivity contribution in [2.45, 2.75) is 5.92 Å². The quantitative estimate of drug-likeness (QED) is 0.456. The Morgan fingerprint density at radius 1 is 1.25 bits per heavy atom. The predicted molar refractivity (Wildman–Crippen MR) is 57.4 cm³/mol. The minimum Gasteiger partial charge on any atom is -0.504 e. The summed E-state index contributed by atoms with van der Waals surface area (Å²) in [6, 6.07) is 9.14. The lowest BCUT2D eigenvalue weighted by Crippen LogP contribution is -2.21. The molecule has 82 valence electrons. The zero-order valence-corrected chi connectivity index (χ0v) is 8.77. The van der Waals surface area contributed by atoms with Crippen LogP contribution in [0.15, 0.2) is 42.2 Å². The maximum absolute atomic E-state index is 11.6. The van der Waals surface area contributed by atoms with Crippen molar-refractivity contribution in [2.75, 3.05) is 7.11 Å². The second-order valence-electron chi connectivity index (χ2n) is 3.47. The summed E-state index contributed by atoms with van der Waals surface area (Å²) in [6.45, 7) is 0. The topological polar surface area (TPSA) is 55.4 Å². The molecule has 1 unspecified atom stereocenters. The van der Waals surface area contributed by atoms with Crippen LogP contribution in [-0.2, 0) is 14.3 Å². The number of hydrogen-bond acceptors (Lipinski definition) is 3. The fourth-order valence-corrected chi connectivity index (χ4v) is 1.75. The Kier molecular flexibility index (Phi) is 2.72. The third kappa shape index (κ3) is 1.69. The van der Waals surface area contributed by atoms with Gasteiger partial charge in [0.05, 0.1) is 24.9 Å². The van der Waals surface area contributed by atoms with Gasteiger partial charge in [-0.25, -0.2) is 0 Å². The van der Waals surface area contributed by atoms with Crippen LogP contribution < -0.4 is 5.32 Å². The molecule has 2 rings (SSSR count). The van der Waals surface area contributed by atoms with Crippen LogP contribution in [0.2, 0.25) is 0 Å². The van der Waals surface area contributed by atoms with Crippen molar-refractivity contribution >= 4 is 11.8 Å². The fraction of sp³-hybridized carbons (Fsp3) is 0.167. The van der Waals surface area contributed by atoms with Gasteiger partial charge in [0.2, 0.25) is 5.91 Å². The van der Waals surface area contributed by atoms with E-state index in [9.17, 15) is 9.59 Å². The van der Waals surface area contributed by atoms with Crippen LogP contribution in [0.3, 0.4) is 0 Å². The molecule has 1 aromatic carbocycles. The zero-order chi connectivity index (χ0) is 11.5. The lowest BCUT2D eigenvalue weighted by atomic mass is 9.94. The van der Waals surface area contributed by atoms with E-state index in [1.807, 2.05) is 30.3 Å². The van der Waals surface area contributed by atoms with Gasteiger partial charge in [0.25, 0.3) is 5.91 Å². The first-order chi connectivity index (χ1) is 7.74. The SMILES string of the molecule is CO/C=C1/C(=O)NC(=O)C1c1ccccc1. The van der Waals surface area contributed by atoms with Gasteiger partial charge < -0.3 is 4.74 Å². The summed E-state index contributed by atoms with van der Waals surface area (Å²) in [4.78, 5) is 23.1. The second kappa shape index (κ2) is 4.18. The predicted octanol–water partition coefficient (Wildman–Crippen LogP) is 0.957. The lowest BCUT2D eigenvalue weighted by Gasteiger charge is -2.07. The van der Waals surface area contributed by atoms with Crippen molar-refractivity contribution in [2.24, 2.45) is 0 Å². The molecule has 2 amide bonds. The highest BCUT2D eigenvalue weighted by molar-refractivity contribution is 6.17. The molecular formula is C12H11NO3. The van der Waals surface area contributed by atoms with Crippen molar-refractivity contribution in [3.8, 4) is 0 Å². The largest absolute Gasteiger partial charge is 0.504 e. The van der Waals surface area contributed by atoms with Crippen molar-refractivity contribution in [1.82, 2.24) is 5.32 Å². The molecular weight excluding hydrogens is 206 g/mol. The number of nitrogens with one attached hydrogen (secondary N) is 1. The van der Waals surface area contributed by atoms with E-state index in [0.717, 1.165) is 5.56 Å². The summed E-state index contributed by atoms with van der Waals surface area (Å²) >= 11 is 0.